The monoisotopic (exact) mass is 548 g/mol. The van der Waals surface area contributed by atoms with E-state index >= 15 is 0 Å². The van der Waals surface area contributed by atoms with Crippen molar-refractivity contribution in [2.75, 3.05) is 11.4 Å². The number of esters is 1. The number of hydrogen-bond donors (Lipinski definition) is 0. The Bertz CT molecular complexity index is 1480. The minimum atomic E-state index is -0.281. The Hall–Kier alpha value is -4.75. The Morgan fingerprint density at radius 2 is 1.43 bits per heavy atom. The van der Waals surface area contributed by atoms with E-state index in [1.54, 1.807) is 25.1 Å². The van der Waals surface area contributed by atoms with Crippen LogP contribution >= 0.6 is 12.2 Å². The molecule has 0 unspecified atom stereocenters. The molecule has 0 bridgehead atoms. The lowest BCUT2D eigenvalue weighted by molar-refractivity contribution is -0.134. The van der Waals surface area contributed by atoms with E-state index in [0.29, 0.717) is 25.1 Å². The van der Waals surface area contributed by atoms with Gasteiger partial charge in [0, 0.05) is 30.0 Å². The van der Waals surface area contributed by atoms with Crippen LogP contribution < -0.4 is 9.64 Å². The molecule has 1 amide bonds. The molecule has 1 saturated heterocycles. The van der Waals surface area contributed by atoms with Crippen LogP contribution in [0.2, 0.25) is 0 Å². The summed E-state index contributed by atoms with van der Waals surface area (Å²) in [5.74, 6) is 0.149. The smallest absolute Gasteiger partial charge is 0.310 e. The fourth-order valence-electron chi connectivity index (χ4n) is 4.33. The van der Waals surface area contributed by atoms with E-state index in [2.05, 4.69) is 29.2 Å². The van der Waals surface area contributed by atoms with Gasteiger partial charge >= 0.3 is 5.97 Å². The number of amides is 1. The second-order valence-electron chi connectivity index (χ2n) is 9.15. The number of para-hydroxylation sites is 2. The van der Waals surface area contributed by atoms with Crippen LogP contribution in [0.4, 0.5) is 17.1 Å². The summed E-state index contributed by atoms with van der Waals surface area (Å²) in [6.07, 6.45) is 2.61. The minimum absolute atomic E-state index is 0.140. The molecule has 0 atom stereocenters. The van der Waals surface area contributed by atoms with Crippen LogP contribution in [0, 0.1) is 0 Å². The van der Waals surface area contributed by atoms with E-state index < -0.39 is 0 Å². The van der Waals surface area contributed by atoms with Crippen molar-refractivity contribution in [2.45, 2.75) is 19.8 Å². The Kier molecular flexibility index (Phi) is 8.32. The lowest BCUT2D eigenvalue weighted by Gasteiger charge is -2.25. The molecule has 1 fully saturated rings. The number of anilines is 3. The van der Waals surface area contributed by atoms with Gasteiger partial charge in [-0.2, -0.15) is 0 Å². The topological polar surface area (TPSA) is 59.1 Å². The van der Waals surface area contributed by atoms with Crippen LogP contribution in [0.3, 0.4) is 0 Å². The van der Waals surface area contributed by atoms with E-state index in [4.69, 9.17) is 21.7 Å². The Balaban J connectivity index is 1.27. The summed E-state index contributed by atoms with van der Waals surface area (Å²) in [6.45, 7) is 2.13. The summed E-state index contributed by atoms with van der Waals surface area (Å²) < 4.78 is 10.9. The SMILES string of the molecule is CCC(=O)Oc1ccc(CCN2C(=O)C(=Cc3ccc(N(c4ccccc4)c4ccccc4)cc3)OC2=S)cc1. The van der Waals surface area contributed by atoms with E-state index in [1.807, 2.05) is 72.8 Å². The van der Waals surface area contributed by atoms with Crippen LogP contribution in [0.25, 0.3) is 6.08 Å². The van der Waals surface area contributed by atoms with Crippen LogP contribution in [-0.4, -0.2) is 28.5 Å². The third-order valence-corrected chi connectivity index (χ3v) is 6.72. The largest absolute Gasteiger partial charge is 0.427 e. The van der Waals surface area contributed by atoms with Gasteiger partial charge in [0.1, 0.15) is 5.75 Å². The van der Waals surface area contributed by atoms with Crippen LogP contribution in [0.15, 0.2) is 115 Å². The third-order valence-electron chi connectivity index (χ3n) is 6.42. The zero-order chi connectivity index (χ0) is 27.9. The minimum Gasteiger partial charge on any atom is -0.427 e. The van der Waals surface area contributed by atoms with E-state index in [-0.39, 0.29) is 22.8 Å². The molecule has 0 saturated carbocycles. The van der Waals surface area contributed by atoms with Gasteiger partial charge in [-0.3, -0.25) is 14.5 Å². The van der Waals surface area contributed by atoms with Gasteiger partial charge in [-0.1, -0.05) is 67.6 Å². The number of rotatable bonds is 9. The van der Waals surface area contributed by atoms with Crippen molar-refractivity contribution >= 4 is 52.4 Å². The maximum absolute atomic E-state index is 13.1. The lowest BCUT2D eigenvalue weighted by Crippen LogP contribution is -2.30. The number of thiocarbonyl (C=S) groups is 1. The number of benzene rings is 4. The molecular weight excluding hydrogens is 520 g/mol. The number of nitrogens with zero attached hydrogens (tertiary/aromatic N) is 2. The molecule has 6 nitrogen and oxygen atoms in total. The second kappa shape index (κ2) is 12.4. The highest BCUT2D eigenvalue weighted by Crippen LogP contribution is 2.34. The molecule has 1 aliphatic heterocycles. The molecule has 5 rings (SSSR count). The number of hydrogen-bond acceptors (Lipinski definition) is 6. The Morgan fingerprint density at radius 1 is 0.850 bits per heavy atom. The molecule has 0 aliphatic carbocycles. The zero-order valence-corrected chi connectivity index (χ0v) is 22.8. The molecule has 1 heterocycles. The van der Waals surface area contributed by atoms with Gasteiger partial charge in [0.25, 0.3) is 11.1 Å². The molecule has 0 aromatic heterocycles. The molecule has 0 spiro atoms. The van der Waals surface area contributed by atoms with Crippen molar-refractivity contribution < 1.29 is 19.1 Å². The first-order valence-corrected chi connectivity index (χ1v) is 13.5. The summed E-state index contributed by atoms with van der Waals surface area (Å²) in [7, 11) is 0. The van der Waals surface area contributed by atoms with Crippen molar-refractivity contribution in [1.82, 2.24) is 4.90 Å². The van der Waals surface area contributed by atoms with Crippen molar-refractivity contribution in [1.29, 1.82) is 0 Å². The van der Waals surface area contributed by atoms with E-state index in [9.17, 15) is 9.59 Å². The Morgan fingerprint density at radius 3 is 2.00 bits per heavy atom. The standard InChI is InChI=1S/C33H28N2O4S/c1-2-31(36)38-29-19-15-24(16-20-29)21-22-34-32(37)30(39-33(34)40)23-25-13-17-28(18-14-25)35(26-9-5-3-6-10-26)27-11-7-4-8-12-27/h3-20,23H,2,21-22H2,1H3. The number of carbonyl (C=O) groups is 2. The summed E-state index contributed by atoms with van der Waals surface area (Å²) in [5, 5.41) is 0.140. The average Bonchev–Trinajstić information content (AvgIpc) is 3.26. The zero-order valence-electron chi connectivity index (χ0n) is 22.0. The predicted octanol–water partition coefficient (Wildman–Crippen LogP) is 7.20. The number of ether oxygens (including phenoxy) is 2. The molecule has 0 N–H and O–H groups in total. The molecular formula is C33H28N2O4S. The summed E-state index contributed by atoms with van der Waals surface area (Å²) in [4.78, 5) is 28.2. The van der Waals surface area contributed by atoms with Crippen LogP contribution in [0.1, 0.15) is 24.5 Å². The van der Waals surface area contributed by atoms with E-state index in [0.717, 1.165) is 28.2 Å². The maximum atomic E-state index is 13.1. The summed E-state index contributed by atoms with van der Waals surface area (Å²) in [5.41, 5.74) is 4.90. The molecule has 0 radical (unpaired) electrons. The predicted molar refractivity (Wildman–Crippen MR) is 161 cm³/mol. The van der Waals surface area contributed by atoms with Crippen molar-refractivity contribution in [2.24, 2.45) is 0 Å². The second-order valence-corrected chi connectivity index (χ2v) is 9.50. The van der Waals surface area contributed by atoms with Gasteiger partial charge in [-0.05, 0) is 84.4 Å². The first-order valence-electron chi connectivity index (χ1n) is 13.1. The molecule has 4 aromatic rings. The highest BCUT2D eigenvalue weighted by molar-refractivity contribution is 7.80. The highest BCUT2D eigenvalue weighted by Gasteiger charge is 2.33. The quantitative estimate of drug-likeness (QED) is 0.0954. The van der Waals surface area contributed by atoms with Crippen molar-refractivity contribution in [3.05, 3.63) is 126 Å². The average molecular weight is 549 g/mol. The van der Waals surface area contributed by atoms with Crippen LogP contribution in [0.5, 0.6) is 5.75 Å². The highest BCUT2D eigenvalue weighted by atomic mass is 32.1. The van der Waals surface area contributed by atoms with Crippen molar-refractivity contribution in [3.63, 3.8) is 0 Å². The number of carbonyl (C=O) groups excluding carboxylic acids is 2. The van der Waals surface area contributed by atoms with Gasteiger partial charge in [0.05, 0.1) is 0 Å². The first-order chi connectivity index (χ1) is 19.5. The van der Waals surface area contributed by atoms with Gasteiger partial charge in [-0.15, -0.1) is 0 Å². The summed E-state index contributed by atoms with van der Waals surface area (Å²) >= 11 is 5.35. The summed E-state index contributed by atoms with van der Waals surface area (Å²) in [6, 6.07) is 35.5. The molecule has 40 heavy (non-hydrogen) atoms. The molecule has 200 valence electrons. The molecule has 1 aliphatic rings. The van der Waals surface area contributed by atoms with Gasteiger partial charge < -0.3 is 14.4 Å². The third kappa shape index (κ3) is 6.27. The molecule has 4 aromatic carbocycles. The fourth-order valence-corrected chi connectivity index (χ4v) is 4.60. The van der Waals surface area contributed by atoms with Gasteiger partial charge in [0.2, 0.25) is 0 Å². The van der Waals surface area contributed by atoms with Crippen LogP contribution in [-0.2, 0) is 20.7 Å². The lowest BCUT2D eigenvalue weighted by atomic mass is 10.1. The Labute approximate surface area is 239 Å². The van der Waals surface area contributed by atoms with Crippen molar-refractivity contribution in [3.8, 4) is 5.75 Å². The van der Waals surface area contributed by atoms with Gasteiger partial charge in [0.15, 0.2) is 5.76 Å². The molecule has 7 heteroatoms. The first kappa shape index (κ1) is 26.8. The maximum Gasteiger partial charge on any atom is 0.310 e. The van der Waals surface area contributed by atoms with E-state index in [1.165, 1.54) is 4.90 Å². The van der Waals surface area contributed by atoms with Gasteiger partial charge in [-0.25, -0.2) is 0 Å². The normalized spacial score (nSPS) is 13.8. The fraction of sp³-hybridized carbons (Fsp3) is 0.121.